The molecule has 0 aromatic carbocycles. The van der Waals surface area contributed by atoms with Crippen LogP contribution in [0.15, 0.2) is 0 Å². The summed E-state index contributed by atoms with van der Waals surface area (Å²) in [4.78, 5) is 0. The van der Waals surface area contributed by atoms with Crippen LogP contribution in [0.1, 0.15) is 60.3 Å². The predicted octanol–water partition coefficient (Wildman–Crippen LogP) is 2.97. The van der Waals surface area contributed by atoms with Gasteiger partial charge in [-0.3, -0.25) is 0 Å². The van der Waals surface area contributed by atoms with Gasteiger partial charge in [0.1, 0.15) is 0 Å². The van der Waals surface area contributed by atoms with Crippen molar-refractivity contribution in [1.82, 2.24) is 5.32 Å². The SMILES string of the molecule is CC(C)NC(C)(CO)CCOC1CCC(C)C(C)C1. The van der Waals surface area contributed by atoms with Crippen molar-refractivity contribution in [3.63, 3.8) is 0 Å². The molecule has 0 aliphatic heterocycles. The summed E-state index contributed by atoms with van der Waals surface area (Å²) in [6, 6.07) is 0.382. The molecule has 0 heterocycles. The van der Waals surface area contributed by atoms with E-state index in [1.807, 2.05) is 0 Å². The Morgan fingerprint density at radius 3 is 2.47 bits per heavy atom. The highest BCUT2D eigenvalue weighted by Gasteiger charge is 2.27. The first-order chi connectivity index (χ1) is 8.86. The smallest absolute Gasteiger partial charge is 0.0611 e. The molecule has 3 nitrogen and oxygen atoms in total. The van der Waals surface area contributed by atoms with E-state index >= 15 is 0 Å². The van der Waals surface area contributed by atoms with Crippen molar-refractivity contribution < 1.29 is 9.84 Å². The monoisotopic (exact) mass is 271 g/mol. The zero-order valence-electron chi connectivity index (χ0n) is 13.4. The van der Waals surface area contributed by atoms with E-state index in [9.17, 15) is 5.11 Å². The van der Waals surface area contributed by atoms with E-state index in [1.54, 1.807) is 0 Å². The molecule has 1 aliphatic carbocycles. The fourth-order valence-electron chi connectivity index (χ4n) is 2.99. The highest BCUT2D eigenvalue weighted by molar-refractivity contribution is 4.84. The lowest BCUT2D eigenvalue weighted by Crippen LogP contribution is -2.50. The van der Waals surface area contributed by atoms with Crippen LogP contribution in [0.2, 0.25) is 0 Å². The van der Waals surface area contributed by atoms with Crippen LogP contribution in [0.4, 0.5) is 0 Å². The van der Waals surface area contributed by atoms with Gasteiger partial charge in [0.2, 0.25) is 0 Å². The molecule has 0 saturated heterocycles. The van der Waals surface area contributed by atoms with Crippen LogP contribution in [0.3, 0.4) is 0 Å². The largest absolute Gasteiger partial charge is 0.394 e. The normalized spacial score (nSPS) is 31.4. The zero-order valence-corrected chi connectivity index (χ0v) is 13.4. The van der Waals surface area contributed by atoms with Crippen molar-refractivity contribution in [3.05, 3.63) is 0 Å². The number of ether oxygens (including phenoxy) is 1. The topological polar surface area (TPSA) is 41.5 Å². The quantitative estimate of drug-likeness (QED) is 0.748. The molecule has 0 bridgehead atoms. The number of rotatable bonds is 7. The van der Waals surface area contributed by atoms with Gasteiger partial charge >= 0.3 is 0 Å². The molecule has 0 spiro atoms. The zero-order chi connectivity index (χ0) is 14.5. The summed E-state index contributed by atoms with van der Waals surface area (Å²) in [7, 11) is 0. The Kier molecular flexibility index (Phi) is 6.78. The summed E-state index contributed by atoms with van der Waals surface area (Å²) in [6.07, 6.45) is 4.96. The molecule has 0 amide bonds. The van der Waals surface area contributed by atoms with Gasteiger partial charge in [0.15, 0.2) is 0 Å². The average Bonchev–Trinajstić information content (AvgIpc) is 2.33. The number of hydrogen-bond acceptors (Lipinski definition) is 3. The fraction of sp³-hybridized carbons (Fsp3) is 1.00. The van der Waals surface area contributed by atoms with Crippen molar-refractivity contribution >= 4 is 0 Å². The van der Waals surface area contributed by atoms with Gasteiger partial charge in [0.05, 0.1) is 12.7 Å². The van der Waals surface area contributed by atoms with Gasteiger partial charge in [-0.25, -0.2) is 0 Å². The fourth-order valence-corrected chi connectivity index (χ4v) is 2.99. The molecule has 1 aliphatic rings. The number of nitrogens with one attached hydrogen (secondary N) is 1. The molecule has 1 saturated carbocycles. The molecule has 1 fully saturated rings. The standard InChI is InChI=1S/C16H33NO2/c1-12(2)17-16(5,11-18)8-9-19-15-7-6-13(3)14(4)10-15/h12-15,17-18H,6-11H2,1-5H3. The Morgan fingerprint density at radius 1 is 1.26 bits per heavy atom. The van der Waals surface area contributed by atoms with E-state index < -0.39 is 0 Å². The van der Waals surface area contributed by atoms with Crippen molar-refractivity contribution in [2.45, 2.75) is 78.0 Å². The molecular formula is C16H33NO2. The summed E-state index contributed by atoms with van der Waals surface area (Å²) in [5.74, 6) is 1.61. The Hall–Kier alpha value is -0.120. The van der Waals surface area contributed by atoms with E-state index in [4.69, 9.17) is 4.74 Å². The molecule has 0 radical (unpaired) electrons. The van der Waals surface area contributed by atoms with E-state index in [0.29, 0.717) is 12.1 Å². The lowest BCUT2D eigenvalue weighted by atomic mass is 9.80. The summed E-state index contributed by atoms with van der Waals surface area (Å²) in [5, 5.41) is 13.0. The second kappa shape index (κ2) is 7.61. The molecule has 4 atom stereocenters. The Bertz CT molecular complexity index is 257. The van der Waals surface area contributed by atoms with Gasteiger partial charge in [-0.05, 0) is 44.4 Å². The molecule has 1 rings (SSSR count). The van der Waals surface area contributed by atoms with Crippen LogP contribution in [-0.2, 0) is 4.74 Å². The number of aliphatic hydroxyl groups excluding tert-OH is 1. The van der Waals surface area contributed by atoms with Gasteiger partial charge in [0, 0.05) is 18.2 Å². The van der Waals surface area contributed by atoms with Crippen LogP contribution in [0.5, 0.6) is 0 Å². The Labute approximate surface area is 119 Å². The minimum Gasteiger partial charge on any atom is -0.394 e. The third-order valence-corrected chi connectivity index (χ3v) is 4.54. The Morgan fingerprint density at radius 2 is 1.95 bits per heavy atom. The second-order valence-corrected chi connectivity index (χ2v) is 7.03. The molecular weight excluding hydrogens is 238 g/mol. The van der Waals surface area contributed by atoms with E-state index in [-0.39, 0.29) is 12.1 Å². The summed E-state index contributed by atoms with van der Waals surface area (Å²) < 4.78 is 6.03. The molecule has 19 heavy (non-hydrogen) atoms. The first-order valence-electron chi connectivity index (χ1n) is 7.86. The van der Waals surface area contributed by atoms with Crippen LogP contribution in [-0.4, -0.2) is 36.0 Å². The third kappa shape index (κ3) is 5.80. The first kappa shape index (κ1) is 16.9. The average molecular weight is 271 g/mol. The van der Waals surface area contributed by atoms with Crippen LogP contribution < -0.4 is 5.32 Å². The molecule has 0 aromatic heterocycles. The maximum Gasteiger partial charge on any atom is 0.0611 e. The van der Waals surface area contributed by atoms with Crippen LogP contribution >= 0.6 is 0 Å². The molecule has 0 aromatic rings. The Balaban J connectivity index is 2.29. The van der Waals surface area contributed by atoms with Gasteiger partial charge in [0.25, 0.3) is 0 Å². The maximum atomic E-state index is 9.53. The van der Waals surface area contributed by atoms with E-state index in [2.05, 4.69) is 39.9 Å². The van der Waals surface area contributed by atoms with Crippen molar-refractivity contribution in [1.29, 1.82) is 0 Å². The lowest BCUT2D eigenvalue weighted by Gasteiger charge is -2.34. The van der Waals surface area contributed by atoms with Crippen molar-refractivity contribution in [2.75, 3.05) is 13.2 Å². The third-order valence-electron chi connectivity index (χ3n) is 4.54. The second-order valence-electron chi connectivity index (χ2n) is 7.03. The van der Waals surface area contributed by atoms with Crippen LogP contribution in [0.25, 0.3) is 0 Å². The van der Waals surface area contributed by atoms with Gasteiger partial charge in [-0.1, -0.05) is 27.7 Å². The van der Waals surface area contributed by atoms with E-state index in [0.717, 1.165) is 24.9 Å². The summed E-state index contributed by atoms with van der Waals surface area (Å²) >= 11 is 0. The number of aliphatic hydroxyl groups is 1. The van der Waals surface area contributed by atoms with Crippen molar-refractivity contribution in [2.24, 2.45) is 11.8 Å². The number of hydrogen-bond donors (Lipinski definition) is 2. The van der Waals surface area contributed by atoms with Gasteiger partial charge < -0.3 is 15.2 Å². The molecule has 2 N–H and O–H groups in total. The van der Waals surface area contributed by atoms with E-state index in [1.165, 1.54) is 19.3 Å². The highest BCUT2D eigenvalue weighted by Crippen LogP contribution is 2.31. The van der Waals surface area contributed by atoms with Gasteiger partial charge in [-0.15, -0.1) is 0 Å². The predicted molar refractivity (Wildman–Crippen MR) is 80.3 cm³/mol. The first-order valence-corrected chi connectivity index (χ1v) is 7.86. The summed E-state index contributed by atoms with van der Waals surface area (Å²) in [6.45, 7) is 11.9. The highest BCUT2D eigenvalue weighted by atomic mass is 16.5. The van der Waals surface area contributed by atoms with Crippen LogP contribution in [0, 0.1) is 11.8 Å². The lowest BCUT2D eigenvalue weighted by molar-refractivity contribution is -0.0105. The minimum atomic E-state index is -0.220. The molecule has 3 heteroatoms. The molecule has 4 unspecified atom stereocenters. The molecule has 114 valence electrons. The summed E-state index contributed by atoms with van der Waals surface area (Å²) in [5.41, 5.74) is -0.220. The van der Waals surface area contributed by atoms with Gasteiger partial charge in [-0.2, -0.15) is 0 Å². The van der Waals surface area contributed by atoms with Crippen molar-refractivity contribution in [3.8, 4) is 0 Å². The minimum absolute atomic E-state index is 0.159. The maximum absolute atomic E-state index is 9.53.